The van der Waals surface area contributed by atoms with Crippen LogP contribution in [-0.4, -0.2) is 18.0 Å². The monoisotopic (exact) mass is 174 g/mol. The molecule has 62 valence electrons. The Bertz CT molecular complexity index is 306. The Labute approximate surface area is 65.7 Å². The van der Waals surface area contributed by atoms with Crippen molar-refractivity contribution in [1.82, 2.24) is 4.98 Å². The Morgan fingerprint density at radius 1 is 1.45 bits per heavy atom. The second kappa shape index (κ2) is 3.45. The average Bonchev–Trinajstić information content (AvgIpc) is 1.88. The quantitative estimate of drug-likeness (QED) is 0.585. The first kappa shape index (κ1) is 10.1. The fraction of sp³-hybridized carbons (Fsp3) is 0.167. The number of hydrogen-bond donors (Lipinski definition) is 0. The SMILES string of the molecule is C.O=S(=O)([O-])c1cccnc1. The molecule has 0 amide bonds. The van der Waals surface area contributed by atoms with E-state index in [0.29, 0.717) is 0 Å². The van der Waals surface area contributed by atoms with Gasteiger partial charge in [0.2, 0.25) is 0 Å². The van der Waals surface area contributed by atoms with Crippen molar-refractivity contribution < 1.29 is 13.0 Å². The molecule has 0 aliphatic heterocycles. The lowest BCUT2D eigenvalue weighted by molar-refractivity contribution is 0.462. The number of aromatic nitrogens is 1. The van der Waals surface area contributed by atoms with Gasteiger partial charge in [0.05, 0.1) is 4.90 Å². The van der Waals surface area contributed by atoms with Crippen molar-refractivity contribution in [3.8, 4) is 0 Å². The molecule has 0 atom stereocenters. The lowest BCUT2D eigenvalue weighted by atomic mass is 10.5. The predicted octanol–water partition coefficient (Wildman–Crippen LogP) is 0.622. The molecule has 1 heterocycles. The Morgan fingerprint density at radius 2 is 2.09 bits per heavy atom. The molecule has 0 unspecified atom stereocenters. The van der Waals surface area contributed by atoms with E-state index in [4.69, 9.17) is 0 Å². The van der Waals surface area contributed by atoms with Gasteiger partial charge in [-0.25, -0.2) is 8.42 Å². The van der Waals surface area contributed by atoms with Gasteiger partial charge >= 0.3 is 0 Å². The van der Waals surface area contributed by atoms with Gasteiger partial charge in [0.1, 0.15) is 10.1 Å². The minimum Gasteiger partial charge on any atom is -0.744 e. The highest BCUT2D eigenvalue weighted by atomic mass is 32.2. The average molecular weight is 174 g/mol. The highest BCUT2D eigenvalue weighted by molar-refractivity contribution is 7.85. The molecule has 1 rings (SSSR count). The summed E-state index contributed by atoms with van der Waals surface area (Å²) < 4.78 is 30.7. The normalized spacial score (nSPS) is 10.3. The lowest BCUT2D eigenvalue weighted by Gasteiger charge is -2.03. The number of nitrogens with zero attached hydrogens (tertiary/aromatic N) is 1. The summed E-state index contributed by atoms with van der Waals surface area (Å²) in [6.07, 6.45) is 2.41. The standard InChI is InChI=1S/C5H5NO3S.CH4/c7-10(8,9)5-2-1-3-6-4-5;/h1-4H,(H,7,8,9);1H4/p-1. The van der Waals surface area contributed by atoms with Crippen molar-refractivity contribution in [2.45, 2.75) is 12.3 Å². The molecule has 0 bridgehead atoms. The molecule has 0 aliphatic rings. The van der Waals surface area contributed by atoms with Crippen LogP contribution in [0.25, 0.3) is 0 Å². The Kier molecular flexibility index (Phi) is 3.16. The molecular weight excluding hydrogens is 166 g/mol. The Morgan fingerprint density at radius 3 is 2.36 bits per heavy atom. The summed E-state index contributed by atoms with van der Waals surface area (Å²) in [5, 5.41) is 0. The van der Waals surface area contributed by atoms with Gasteiger partial charge in [0.25, 0.3) is 0 Å². The zero-order chi connectivity index (χ0) is 7.61. The molecule has 0 radical (unpaired) electrons. The predicted molar refractivity (Wildman–Crippen MR) is 38.9 cm³/mol. The van der Waals surface area contributed by atoms with Crippen molar-refractivity contribution in [3.05, 3.63) is 24.5 Å². The van der Waals surface area contributed by atoms with Crippen LogP contribution in [0.1, 0.15) is 7.43 Å². The van der Waals surface area contributed by atoms with Crippen LogP contribution in [0.4, 0.5) is 0 Å². The topological polar surface area (TPSA) is 70.1 Å². The second-order valence-corrected chi connectivity index (χ2v) is 3.02. The molecule has 1 aromatic heterocycles. The molecule has 0 N–H and O–H groups in total. The summed E-state index contributed by atoms with van der Waals surface area (Å²) in [5.74, 6) is 0. The molecule has 0 saturated carbocycles. The van der Waals surface area contributed by atoms with Crippen LogP contribution >= 0.6 is 0 Å². The van der Waals surface area contributed by atoms with Crippen molar-refractivity contribution in [1.29, 1.82) is 0 Å². The molecule has 0 fully saturated rings. The van der Waals surface area contributed by atoms with E-state index in [-0.39, 0.29) is 12.3 Å². The third-order valence-electron chi connectivity index (χ3n) is 0.923. The van der Waals surface area contributed by atoms with Crippen LogP contribution in [0, 0.1) is 0 Å². The summed E-state index contributed by atoms with van der Waals surface area (Å²) >= 11 is 0. The second-order valence-electron chi connectivity index (χ2n) is 1.64. The van der Waals surface area contributed by atoms with Gasteiger partial charge in [-0.1, -0.05) is 7.43 Å². The smallest absolute Gasteiger partial charge is 0.125 e. The van der Waals surface area contributed by atoms with E-state index in [9.17, 15) is 13.0 Å². The first-order valence-corrected chi connectivity index (χ1v) is 3.87. The van der Waals surface area contributed by atoms with Gasteiger partial charge in [-0.2, -0.15) is 0 Å². The summed E-state index contributed by atoms with van der Waals surface area (Å²) in [6.45, 7) is 0. The maximum absolute atomic E-state index is 10.2. The first-order valence-electron chi connectivity index (χ1n) is 2.46. The molecule has 5 heteroatoms. The molecule has 11 heavy (non-hydrogen) atoms. The van der Waals surface area contributed by atoms with E-state index in [0.717, 1.165) is 6.20 Å². The summed E-state index contributed by atoms with van der Waals surface area (Å²) in [7, 11) is -4.32. The van der Waals surface area contributed by atoms with Gasteiger partial charge in [0, 0.05) is 12.4 Å². The molecule has 4 nitrogen and oxygen atoms in total. The van der Waals surface area contributed by atoms with Crippen LogP contribution in [0.3, 0.4) is 0 Å². The maximum atomic E-state index is 10.2. The van der Waals surface area contributed by atoms with Crippen molar-refractivity contribution >= 4 is 10.1 Å². The minimum absolute atomic E-state index is 0. The van der Waals surface area contributed by atoms with Crippen molar-refractivity contribution in [3.63, 3.8) is 0 Å². The Balaban J connectivity index is 0.000001000. The van der Waals surface area contributed by atoms with E-state index >= 15 is 0 Å². The van der Waals surface area contributed by atoms with E-state index in [1.54, 1.807) is 0 Å². The molecule has 1 aromatic rings. The summed E-state index contributed by atoms with van der Waals surface area (Å²) in [5.41, 5.74) is 0. The van der Waals surface area contributed by atoms with Crippen LogP contribution in [-0.2, 0) is 10.1 Å². The fourth-order valence-corrected chi connectivity index (χ4v) is 0.930. The van der Waals surface area contributed by atoms with Gasteiger partial charge < -0.3 is 4.55 Å². The number of hydrogen-bond acceptors (Lipinski definition) is 4. The highest BCUT2D eigenvalue weighted by Gasteiger charge is 1.96. The number of rotatable bonds is 1. The van der Waals surface area contributed by atoms with E-state index in [1.807, 2.05) is 0 Å². The molecular formula is C6H8NO3S-. The van der Waals surface area contributed by atoms with E-state index in [2.05, 4.69) is 4.98 Å². The lowest BCUT2D eigenvalue weighted by Crippen LogP contribution is -1.97. The maximum Gasteiger partial charge on any atom is 0.125 e. The molecule has 0 saturated heterocycles. The fourth-order valence-electron chi connectivity index (χ4n) is 0.495. The first-order chi connectivity index (χ1) is 4.61. The van der Waals surface area contributed by atoms with Crippen molar-refractivity contribution in [2.24, 2.45) is 0 Å². The zero-order valence-corrected chi connectivity index (χ0v) is 5.71. The zero-order valence-electron chi connectivity index (χ0n) is 4.89. The molecule has 0 aromatic carbocycles. The van der Waals surface area contributed by atoms with Crippen LogP contribution in [0.2, 0.25) is 0 Å². The minimum atomic E-state index is -4.32. The number of pyridine rings is 1. The van der Waals surface area contributed by atoms with Gasteiger partial charge in [0.15, 0.2) is 0 Å². The van der Waals surface area contributed by atoms with E-state index in [1.165, 1.54) is 18.3 Å². The summed E-state index contributed by atoms with van der Waals surface area (Å²) in [4.78, 5) is 3.18. The van der Waals surface area contributed by atoms with Crippen LogP contribution in [0.5, 0.6) is 0 Å². The van der Waals surface area contributed by atoms with E-state index < -0.39 is 10.1 Å². The third-order valence-corrected chi connectivity index (χ3v) is 1.74. The largest absolute Gasteiger partial charge is 0.744 e. The molecule has 0 aliphatic carbocycles. The highest BCUT2D eigenvalue weighted by Crippen LogP contribution is 2.02. The van der Waals surface area contributed by atoms with Gasteiger partial charge in [-0.3, -0.25) is 4.98 Å². The third kappa shape index (κ3) is 2.65. The van der Waals surface area contributed by atoms with Gasteiger partial charge in [-0.15, -0.1) is 0 Å². The Hall–Kier alpha value is -0.940. The van der Waals surface area contributed by atoms with Gasteiger partial charge in [-0.05, 0) is 12.1 Å². The van der Waals surface area contributed by atoms with Crippen LogP contribution in [0.15, 0.2) is 29.4 Å². The molecule has 0 spiro atoms. The summed E-state index contributed by atoms with van der Waals surface area (Å²) in [6, 6.07) is 2.60. The van der Waals surface area contributed by atoms with Crippen molar-refractivity contribution in [2.75, 3.05) is 0 Å². The van der Waals surface area contributed by atoms with Crippen LogP contribution < -0.4 is 0 Å².